The molecule has 0 heterocycles. The molecule has 0 aliphatic heterocycles. The second kappa shape index (κ2) is 9.25. The van der Waals surface area contributed by atoms with Gasteiger partial charge >= 0.3 is 5.97 Å². The van der Waals surface area contributed by atoms with Gasteiger partial charge in [0.05, 0.1) is 0 Å². The highest BCUT2D eigenvalue weighted by atomic mass is 16.5. The summed E-state index contributed by atoms with van der Waals surface area (Å²) in [6.45, 7) is 7.13. The molecule has 0 radical (unpaired) electrons. The third-order valence-corrected chi connectivity index (χ3v) is 1.79. The molecule has 0 bridgehead atoms. The Kier molecular flexibility index (Phi) is 8.44. The smallest absolute Gasteiger partial charge is 0.303 e. The zero-order chi connectivity index (χ0) is 11.5. The van der Waals surface area contributed by atoms with Crippen LogP contribution in [0.5, 0.6) is 0 Å². The molecule has 84 valence electrons. The summed E-state index contributed by atoms with van der Waals surface area (Å²) in [4.78, 5) is 10.7. The molecule has 0 saturated heterocycles. The lowest BCUT2D eigenvalue weighted by atomic mass is 10.2. The van der Waals surface area contributed by atoms with Gasteiger partial charge in [-0.3, -0.25) is 4.79 Å². The van der Waals surface area contributed by atoms with E-state index in [0.717, 1.165) is 12.8 Å². The standard InChI is InChI=1S/C13H20O2/c1-4-6-7-8-9-10-11-13(5-2)15-12(3)14/h5-7,9-10,13H,2,4,8,11H2,1,3H3. The van der Waals surface area contributed by atoms with E-state index >= 15 is 0 Å². The van der Waals surface area contributed by atoms with Gasteiger partial charge in [0.25, 0.3) is 0 Å². The topological polar surface area (TPSA) is 26.3 Å². The van der Waals surface area contributed by atoms with Crippen molar-refractivity contribution in [1.29, 1.82) is 0 Å². The van der Waals surface area contributed by atoms with Crippen molar-refractivity contribution in [1.82, 2.24) is 0 Å². The molecule has 15 heavy (non-hydrogen) atoms. The summed E-state index contributed by atoms with van der Waals surface area (Å²) >= 11 is 0. The van der Waals surface area contributed by atoms with Crippen molar-refractivity contribution >= 4 is 5.97 Å². The van der Waals surface area contributed by atoms with Crippen LogP contribution in [0.1, 0.15) is 33.1 Å². The Hall–Kier alpha value is -1.31. The van der Waals surface area contributed by atoms with Gasteiger partial charge in [-0.15, -0.1) is 0 Å². The number of esters is 1. The summed E-state index contributed by atoms with van der Waals surface area (Å²) in [7, 11) is 0. The molecule has 0 spiro atoms. The molecule has 0 N–H and O–H groups in total. The predicted octanol–water partition coefficient (Wildman–Crippen LogP) is 3.41. The Labute approximate surface area is 92.3 Å². The van der Waals surface area contributed by atoms with Gasteiger partial charge in [0, 0.05) is 13.3 Å². The van der Waals surface area contributed by atoms with Gasteiger partial charge < -0.3 is 4.74 Å². The van der Waals surface area contributed by atoms with E-state index in [1.54, 1.807) is 6.08 Å². The van der Waals surface area contributed by atoms with Crippen molar-refractivity contribution in [2.24, 2.45) is 0 Å². The SMILES string of the molecule is C=CC(CC=CCC=CCC)OC(C)=O. The lowest BCUT2D eigenvalue weighted by Crippen LogP contribution is -2.12. The highest BCUT2D eigenvalue weighted by molar-refractivity contribution is 5.66. The molecule has 0 saturated carbocycles. The molecule has 0 aromatic carbocycles. The molecule has 0 aliphatic carbocycles. The predicted molar refractivity (Wildman–Crippen MR) is 63.6 cm³/mol. The number of allylic oxidation sites excluding steroid dienone is 3. The minimum atomic E-state index is -0.265. The Morgan fingerprint density at radius 1 is 1.33 bits per heavy atom. The van der Waals surface area contributed by atoms with E-state index in [1.807, 2.05) is 6.08 Å². The number of rotatable bonds is 7. The van der Waals surface area contributed by atoms with Gasteiger partial charge in [0.15, 0.2) is 0 Å². The normalized spacial score (nSPS) is 13.2. The first-order valence-corrected chi connectivity index (χ1v) is 5.30. The molecule has 0 rings (SSSR count). The fourth-order valence-electron chi connectivity index (χ4n) is 1.07. The van der Waals surface area contributed by atoms with Crippen LogP contribution in [0.4, 0.5) is 0 Å². The maximum absolute atomic E-state index is 10.7. The van der Waals surface area contributed by atoms with Crippen LogP contribution in [0, 0.1) is 0 Å². The first-order chi connectivity index (χ1) is 7.20. The largest absolute Gasteiger partial charge is 0.458 e. The summed E-state index contributed by atoms with van der Waals surface area (Å²) in [5.41, 5.74) is 0. The Bertz CT molecular complexity index is 239. The Morgan fingerprint density at radius 2 is 2.00 bits per heavy atom. The van der Waals surface area contributed by atoms with Gasteiger partial charge in [0.1, 0.15) is 6.10 Å². The Balaban J connectivity index is 3.74. The van der Waals surface area contributed by atoms with Crippen molar-refractivity contribution < 1.29 is 9.53 Å². The molecule has 0 amide bonds. The molecule has 0 aromatic rings. The number of ether oxygens (including phenoxy) is 1. The van der Waals surface area contributed by atoms with Crippen LogP contribution in [-0.4, -0.2) is 12.1 Å². The molecule has 1 atom stereocenters. The van der Waals surface area contributed by atoms with E-state index in [2.05, 4.69) is 31.7 Å². The highest BCUT2D eigenvalue weighted by Gasteiger charge is 2.03. The van der Waals surface area contributed by atoms with Crippen LogP contribution in [-0.2, 0) is 9.53 Å². The second-order valence-corrected chi connectivity index (χ2v) is 3.21. The lowest BCUT2D eigenvalue weighted by Gasteiger charge is -2.09. The second-order valence-electron chi connectivity index (χ2n) is 3.21. The minimum Gasteiger partial charge on any atom is -0.458 e. The lowest BCUT2D eigenvalue weighted by molar-refractivity contribution is -0.143. The number of hydrogen-bond acceptors (Lipinski definition) is 2. The number of carbonyl (C=O) groups is 1. The summed E-state index contributed by atoms with van der Waals surface area (Å²) in [6.07, 6.45) is 12.5. The van der Waals surface area contributed by atoms with Gasteiger partial charge in [-0.25, -0.2) is 0 Å². The number of hydrogen-bond donors (Lipinski definition) is 0. The van der Waals surface area contributed by atoms with E-state index in [-0.39, 0.29) is 12.1 Å². The monoisotopic (exact) mass is 208 g/mol. The Morgan fingerprint density at radius 3 is 2.53 bits per heavy atom. The van der Waals surface area contributed by atoms with Crippen LogP contribution in [0.25, 0.3) is 0 Å². The maximum Gasteiger partial charge on any atom is 0.303 e. The highest BCUT2D eigenvalue weighted by Crippen LogP contribution is 2.02. The van der Waals surface area contributed by atoms with Crippen LogP contribution >= 0.6 is 0 Å². The van der Waals surface area contributed by atoms with Crippen molar-refractivity contribution in [3.63, 3.8) is 0 Å². The minimum absolute atomic E-state index is 0.200. The van der Waals surface area contributed by atoms with Gasteiger partial charge in [0.2, 0.25) is 0 Å². The van der Waals surface area contributed by atoms with E-state index in [0.29, 0.717) is 6.42 Å². The van der Waals surface area contributed by atoms with E-state index in [9.17, 15) is 4.79 Å². The molecule has 2 heteroatoms. The fraction of sp³-hybridized carbons (Fsp3) is 0.462. The van der Waals surface area contributed by atoms with Gasteiger partial charge in [-0.2, -0.15) is 0 Å². The van der Waals surface area contributed by atoms with Crippen molar-refractivity contribution in [2.75, 3.05) is 0 Å². The fourth-order valence-corrected chi connectivity index (χ4v) is 1.07. The summed E-state index contributed by atoms with van der Waals surface area (Å²) < 4.78 is 5.00. The van der Waals surface area contributed by atoms with Crippen molar-refractivity contribution in [3.8, 4) is 0 Å². The third kappa shape index (κ3) is 9.01. The zero-order valence-electron chi connectivity index (χ0n) is 9.61. The van der Waals surface area contributed by atoms with Crippen LogP contribution < -0.4 is 0 Å². The molecule has 1 unspecified atom stereocenters. The molecule has 2 nitrogen and oxygen atoms in total. The van der Waals surface area contributed by atoms with E-state index in [1.165, 1.54) is 6.92 Å². The van der Waals surface area contributed by atoms with Gasteiger partial charge in [-0.05, 0) is 12.8 Å². The van der Waals surface area contributed by atoms with Crippen LogP contribution in [0.3, 0.4) is 0 Å². The molecular weight excluding hydrogens is 188 g/mol. The summed E-state index contributed by atoms with van der Waals surface area (Å²) in [6, 6.07) is 0. The third-order valence-electron chi connectivity index (χ3n) is 1.79. The molecule has 0 fully saturated rings. The van der Waals surface area contributed by atoms with Crippen LogP contribution in [0.2, 0.25) is 0 Å². The van der Waals surface area contributed by atoms with Crippen LogP contribution in [0.15, 0.2) is 37.0 Å². The first-order valence-electron chi connectivity index (χ1n) is 5.30. The first kappa shape index (κ1) is 13.7. The molecule has 0 aliphatic rings. The van der Waals surface area contributed by atoms with E-state index in [4.69, 9.17) is 4.74 Å². The molecule has 0 aromatic heterocycles. The van der Waals surface area contributed by atoms with E-state index < -0.39 is 0 Å². The number of carbonyl (C=O) groups excluding carboxylic acids is 1. The zero-order valence-corrected chi connectivity index (χ0v) is 9.61. The quantitative estimate of drug-likeness (QED) is 0.473. The average molecular weight is 208 g/mol. The van der Waals surface area contributed by atoms with Crippen molar-refractivity contribution in [3.05, 3.63) is 37.0 Å². The summed E-state index contributed by atoms with van der Waals surface area (Å²) in [5.74, 6) is -0.265. The molecular formula is C13H20O2. The van der Waals surface area contributed by atoms with Gasteiger partial charge in [-0.1, -0.05) is 43.9 Å². The maximum atomic E-state index is 10.7. The summed E-state index contributed by atoms with van der Waals surface area (Å²) in [5, 5.41) is 0. The van der Waals surface area contributed by atoms with Crippen molar-refractivity contribution in [2.45, 2.75) is 39.2 Å². The average Bonchev–Trinajstić information content (AvgIpc) is 2.20.